The molecule has 2 aromatic rings. The molecular formula is C21H25N4+. The average Bonchev–Trinajstić information content (AvgIpc) is 2.90. The molecule has 0 spiro atoms. The molecule has 0 amide bonds. The van der Waals surface area contributed by atoms with Crippen molar-refractivity contribution in [1.82, 2.24) is 9.97 Å². The smallest absolute Gasteiger partial charge is 0.327 e. The van der Waals surface area contributed by atoms with E-state index in [1.165, 1.54) is 22.5 Å². The summed E-state index contributed by atoms with van der Waals surface area (Å²) in [6.45, 7) is 9.10. The normalized spacial score (nSPS) is 21.7. The zero-order valence-electron chi connectivity index (χ0n) is 15.8. The van der Waals surface area contributed by atoms with E-state index in [-0.39, 0.29) is 10.8 Å². The van der Waals surface area contributed by atoms with E-state index in [1.807, 2.05) is 24.5 Å². The second-order valence-electron chi connectivity index (χ2n) is 8.03. The van der Waals surface area contributed by atoms with Crippen molar-refractivity contribution in [3.63, 3.8) is 0 Å². The summed E-state index contributed by atoms with van der Waals surface area (Å²) >= 11 is 0. The Morgan fingerprint density at radius 3 is 2.24 bits per heavy atom. The Bertz CT molecular complexity index is 934. The van der Waals surface area contributed by atoms with Crippen LogP contribution >= 0.6 is 0 Å². The Morgan fingerprint density at radius 2 is 1.60 bits per heavy atom. The predicted molar refractivity (Wildman–Crippen MR) is 102 cm³/mol. The van der Waals surface area contributed by atoms with Crippen molar-refractivity contribution in [2.75, 3.05) is 19.0 Å². The van der Waals surface area contributed by atoms with Crippen LogP contribution in [0.4, 0.5) is 11.6 Å². The number of aromatic nitrogens is 2. The van der Waals surface area contributed by atoms with Crippen LogP contribution in [0.5, 0.6) is 0 Å². The Kier molecular flexibility index (Phi) is 3.21. The number of nitrogens with zero attached hydrogens (tertiary/aromatic N) is 4. The topological polar surface area (TPSA) is 32.0 Å². The van der Waals surface area contributed by atoms with E-state index in [4.69, 9.17) is 0 Å². The molecule has 2 aromatic heterocycles. The quantitative estimate of drug-likeness (QED) is 0.744. The molecule has 0 saturated heterocycles. The minimum absolute atomic E-state index is 0.0789. The van der Waals surface area contributed by atoms with Crippen LogP contribution in [0.2, 0.25) is 0 Å². The first-order valence-electron chi connectivity index (χ1n) is 8.74. The molecule has 0 radical (unpaired) electrons. The lowest BCUT2D eigenvalue weighted by molar-refractivity contribution is -0.406. The molecule has 4 heteroatoms. The van der Waals surface area contributed by atoms with Gasteiger partial charge < -0.3 is 4.90 Å². The fourth-order valence-electron chi connectivity index (χ4n) is 4.33. The van der Waals surface area contributed by atoms with Crippen LogP contribution in [-0.4, -0.2) is 34.4 Å². The molecule has 0 N–H and O–H groups in total. The zero-order valence-corrected chi connectivity index (χ0v) is 15.8. The van der Waals surface area contributed by atoms with Crippen LogP contribution in [0.1, 0.15) is 38.8 Å². The average molecular weight is 333 g/mol. The second kappa shape index (κ2) is 5.01. The first-order chi connectivity index (χ1) is 11.8. The van der Waals surface area contributed by atoms with Crippen LogP contribution in [-0.2, 0) is 10.8 Å². The third kappa shape index (κ3) is 2.03. The lowest BCUT2D eigenvalue weighted by atomic mass is 9.79. The number of hydrogen-bond donors (Lipinski definition) is 0. The molecule has 0 aliphatic carbocycles. The van der Waals surface area contributed by atoms with Gasteiger partial charge in [0.25, 0.3) is 0 Å². The van der Waals surface area contributed by atoms with Gasteiger partial charge in [-0.2, -0.15) is 0 Å². The minimum Gasteiger partial charge on any atom is -0.332 e. The Morgan fingerprint density at radius 1 is 0.960 bits per heavy atom. The highest BCUT2D eigenvalue weighted by atomic mass is 15.2. The third-order valence-corrected chi connectivity index (χ3v) is 5.83. The molecule has 25 heavy (non-hydrogen) atoms. The van der Waals surface area contributed by atoms with Gasteiger partial charge in [-0.1, -0.05) is 19.9 Å². The standard InChI is InChI=1S/C21H25N4/c1-20(2)14-9-7-11-22-18(14)24(5)16(20)13-17-21(3,4)15-10-8-12-23-19(15)25(17)6/h7-13H,1-6H3/q+1. The van der Waals surface area contributed by atoms with Crippen LogP contribution in [0.15, 0.2) is 48.4 Å². The molecule has 0 saturated carbocycles. The summed E-state index contributed by atoms with van der Waals surface area (Å²) in [4.78, 5) is 11.4. The molecule has 0 bridgehead atoms. The van der Waals surface area contributed by atoms with Gasteiger partial charge in [0.1, 0.15) is 17.7 Å². The van der Waals surface area contributed by atoms with Crippen molar-refractivity contribution >= 4 is 17.3 Å². The van der Waals surface area contributed by atoms with Crippen LogP contribution < -0.4 is 4.90 Å². The molecule has 0 unspecified atom stereocenters. The van der Waals surface area contributed by atoms with Gasteiger partial charge in [-0.05, 0) is 37.0 Å². The Balaban J connectivity index is 1.90. The molecule has 4 heterocycles. The third-order valence-electron chi connectivity index (χ3n) is 5.83. The number of likely N-dealkylation sites (N-methyl/N-ethyl adjacent to an activating group) is 1. The van der Waals surface area contributed by atoms with E-state index < -0.39 is 0 Å². The maximum atomic E-state index is 4.61. The number of fused-ring (bicyclic) bond motifs is 2. The maximum absolute atomic E-state index is 4.61. The number of rotatable bonds is 1. The maximum Gasteiger partial charge on any atom is 0.327 e. The lowest BCUT2D eigenvalue weighted by Crippen LogP contribution is -2.31. The van der Waals surface area contributed by atoms with E-state index in [0.717, 1.165) is 11.6 Å². The molecule has 4 nitrogen and oxygen atoms in total. The molecule has 0 aromatic carbocycles. The molecule has 2 aliphatic rings. The van der Waals surface area contributed by atoms with Gasteiger partial charge in [-0.25, -0.2) is 9.56 Å². The van der Waals surface area contributed by atoms with Gasteiger partial charge in [-0.3, -0.25) is 0 Å². The SMILES string of the molecule is CN1C(=CC2=[N+](C)c3ncccc3C2(C)C)C(C)(C)c2cccnc21. The Hall–Kier alpha value is -2.49. The fraction of sp³-hybridized carbons (Fsp3) is 0.381. The van der Waals surface area contributed by atoms with E-state index in [1.54, 1.807) is 0 Å². The first kappa shape index (κ1) is 16.0. The first-order valence-corrected chi connectivity index (χ1v) is 8.74. The number of allylic oxidation sites excluding steroid dienone is 2. The van der Waals surface area contributed by atoms with Crippen LogP contribution in [0.25, 0.3) is 0 Å². The predicted octanol–water partition coefficient (Wildman–Crippen LogP) is 3.79. The van der Waals surface area contributed by atoms with Crippen molar-refractivity contribution in [1.29, 1.82) is 0 Å². The summed E-state index contributed by atoms with van der Waals surface area (Å²) < 4.78 is 2.22. The molecule has 4 rings (SSSR count). The summed E-state index contributed by atoms with van der Waals surface area (Å²) in [7, 11) is 4.22. The molecular weight excluding hydrogens is 308 g/mol. The van der Waals surface area contributed by atoms with Gasteiger partial charge >= 0.3 is 5.82 Å². The van der Waals surface area contributed by atoms with Crippen molar-refractivity contribution < 1.29 is 4.58 Å². The minimum atomic E-state index is -0.0789. The summed E-state index contributed by atoms with van der Waals surface area (Å²) in [6, 6.07) is 8.42. The van der Waals surface area contributed by atoms with Gasteiger partial charge in [0.2, 0.25) is 0 Å². The Labute approximate surface area is 149 Å². The van der Waals surface area contributed by atoms with Crippen LogP contribution in [0, 0.1) is 0 Å². The highest BCUT2D eigenvalue weighted by Gasteiger charge is 2.45. The fourth-order valence-corrected chi connectivity index (χ4v) is 4.33. The van der Waals surface area contributed by atoms with Crippen molar-refractivity contribution in [2.24, 2.45) is 0 Å². The van der Waals surface area contributed by atoms with Crippen LogP contribution in [0.3, 0.4) is 0 Å². The van der Waals surface area contributed by atoms with Crippen molar-refractivity contribution in [3.05, 3.63) is 59.6 Å². The number of anilines is 1. The number of pyridine rings is 2. The molecule has 2 aliphatic heterocycles. The summed E-state index contributed by atoms with van der Waals surface area (Å²) in [6.07, 6.45) is 6.07. The summed E-state index contributed by atoms with van der Waals surface area (Å²) in [5.41, 5.74) is 4.93. The molecule has 0 fully saturated rings. The van der Waals surface area contributed by atoms with Gasteiger partial charge in [-0.15, -0.1) is 0 Å². The van der Waals surface area contributed by atoms with Crippen molar-refractivity contribution in [3.8, 4) is 0 Å². The van der Waals surface area contributed by atoms with E-state index in [9.17, 15) is 0 Å². The molecule has 0 atom stereocenters. The summed E-state index contributed by atoms with van der Waals surface area (Å²) in [5, 5.41) is 0. The molecule has 128 valence electrons. The lowest BCUT2D eigenvalue weighted by Gasteiger charge is -2.25. The van der Waals surface area contributed by atoms with Gasteiger partial charge in [0, 0.05) is 36.0 Å². The van der Waals surface area contributed by atoms with Gasteiger partial charge in [0.15, 0.2) is 0 Å². The highest BCUT2D eigenvalue weighted by molar-refractivity contribution is 6.03. The van der Waals surface area contributed by atoms with E-state index >= 15 is 0 Å². The van der Waals surface area contributed by atoms with Crippen molar-refractivity contribution in [2.45, 2.75) is 38.5 Å². The van der Waals surface area contributed by atoms with Gasteiger partial charge in [0.05, 0.1) is 18.0 Å². The largest absolute Gasteiger partial charge is 0.332 e. The zero-order chi connectivity index (χ0) is 18.0. The van der Waals surface area contributed by atoms with E-state index in [2.05, 4.69) is 79.4 Å². The monoisotopic (exact) mass is 333 g/mol. The van der Waals surface area contributed by atoms with E-state index in [0.29, 0.717) is 0 Å². The second-order valence-corrected chi connectivity index (χ2v) is 8.03. The highest BCUT2D eigenvalue weighted by Crippen LogP contribution is 2.47. The number of hydrogen-bond acceptors (Lipinski definition) is 3. The summed E-state index contributed by atoms with van der Waals surface area (Å²) in [5.74, 6) is 2.10.